The van der Waals surface area contributed by atoms with Gasteiger partial charge in [0.25, 0.3) is 0 Å². The number of ether oxygens (including phenoxy) is 1. The van der Waals surface area contributed by atoms with Gasteiger partial charge in [-0.2, -0.15) is 8.78 Å². The number of amides is 1. The van der Waals surface area contributed by atoms with Crippen LogP contribution in [0.2, 0.25) is 0 Å². The van der Waals surface area contributed by atoms with Gasteiger partial charge in [-0.1, -0.05) is 42.5 Å². The van der Waals surface area contributed by atoms with E-state index in [9.17, 15) is 22.0 Å². The molecule has 2 aromatic rings. The van der Waals surface area contributed by atoms with Crippen molar-refractivity contribution < 1.29 is 26.7 Å². The lowest BCUT2D eigenvalue weighted by Crippen LogP contribution is -2.47. The van der Waals surface area contributed by atoms with Crippen LogP contribution in [-0.4, -0.2) is 62.4 Å². The van der Waals surface area contributed by atoms with Crippen LogP contribution in [0.3, 0.4) is 0 Å². The highest BCUT2D eigenvalue weighted by Crippen LogP contribution is 2.26. The van der Waals surface area contributed by atoms with E-state index >= 15 is 0 Å². The summed E-state index contributed by atoms with van der Waals surface area (Å²) in [6, 6.07) is 14.8. The van der Waals surface area contributed by atoms with Crippen molar-refractivity contribution in [1.82, 2.24) is 9.80 Å². The number of carbonyl (C=O) groups is 1. The van der Waals surface area contributed by atoms with Crippen LogP contribution >= 0.6 is 0 Å². The van der Waals surface area contributed by atoms with Crippen molar-refractivity contribution in [2.75, 3.05) is 31.6 Å². The molecule has 2 aromatic carbocycles. The maximum absolute atomic E-state index is 13.3. The fourth-order valence-electron chi connectivity index (χ4n) is 3.47. The molecule has 1 fully saturated rings. The molecule has 0 aromatic heterocycles. The first kappa shape index (κ1) is 22.2. The van der Waals surface area contributed by atoms with Crippen molar-refractivity contribution in [3.8, 4) is 5.75 Å². The maximum atomic E-state index is 13.3. The number of likely N-dealkylation sites (N-methyl/N-ethyl adjacent to an activating group) is 1. The molecule has 6 nitrogen and oxygen atoms in total. The summed E-state index contributed by atoms with van der Waals surface area (Å²) in [5.41, 5.74) is 1.56. The van der Waals surface area contributed by atoms with E-state index in [0.29, 0.717) is 13.1 Å². The summed E-state index contributed by atoms with van der Waals surface area (Å²) in [5, 5.41) is 0. The Kier molecular flexibility index (Phi) is 7.04. The second-order valence-corrected chi connectivity index (χ2v) is 9.52. The zero-order valence-corrected chi connectivity index (χ0v) is 17.4. The van der Waals surface area contributed by atoms with E-state index in [4.69, 9.17) is 0 Å². The molecule has 0 spiro atoms. The maximum Gasteiger partial charge on any atom is 0.387 e. The van der Waals surface area contributed by atoms with Crippen molar-refractivity contribution in [3.05, 3.63) is 65.7 Å². The molecule has 0 bridgehead atoms. The third kappa shape index (κ3) is 5.76. The predicted octanol–water partition coefficient (Wildman–Crippen LogP) is 2.72. The Hall–Kier alpha value is -2.52. The second-order valence-electron chi connectivity index (χ2n) is 7.22. The van der Waals surface area contributed by atoms with Gasteiger partial charge < -0.3 is 9.64 Å². The number of rotatable bonds is 7. The molecule has 1 heterocycles. The lowest BCUT2D eigenvalue weighted by atomic mass is 10.0. The number of hydrogen-bond donors (Lipinski definition) is 0. The SMILES string of the molecule is CN(Cc1ccc(OC(F)F)cc1)C(=O)C(c1ccccc1)N1CCS(=O)(=O)CC1. The first-order valence-electron chi connectivity index (χ1n) is 9.53. The van der Waals surface area contributed by atoms with Crippen LogP contribution in [0.5, 0.6) is 5.75 Å². The Bertz CT molecular complexity index is 939. The smallest absolute Gasteiger partial charge is 0.387 e. The quantitative estimate of drug-likeness (QED) is 0.665. The Morgan fingerprint density at radius 2 is 1.67 bits per heavy atom. The minimum absolute atomic E-state index is 0.0267. The average Bonchev–Trinajstić information content (AvgIpc) is 2.71. The Morgan fingerprint density at radius 3 is 2.23 bits per heavy atom. The van der Waals surface area contributed by atoms with Gasteiger partial charge in [-0.05, 0) is 23.3 Å². The Morgan fingerprint density at radius 1 is 1.07 bits per heavy atom. The van der Waals surface area contributed by atoms with Crippen LogP contribution in [0.15, 0.2) is 54.6 Å². The first-order valence-corrected chi connectivity index (χ1v) is 11.4. The molecule has 3 rings (SSSR count). The monoisotopic (exact) mass is 438 g/mol. The number of hydrogen-bond acceptors (Lipinski definition) is 5. The fraction of sp³-hybridized carbons (Fsp3) is 0.381. The summed E-state index contributed by atoms with van der Waals surface area (Å²) in [6.45, 7) is -2.02. The highest BCUT2D eigenvalue weighted by molar-refractivity contribution is 7.91. The number of sulfone groups is 1. The molecule has 9 heteroatoms. The summed E-state index contributed by atoms with van der Waals surface area (Å²) in [6.07, 6.45) is 0. The summed E-state index contributed by atoms with van der Waals surface area (Å²) in [4.78, 5) is 16.8. The van der Waals surface area contributed by atoms with Crippen LogP contribution in [-0.2, 0) is 21.2 Å². The minimum Gasteiger partial charge on any atom is -0.435 e. The number of carbonyl (C=O) groups excluding carboxylic acids is 1. The predicted molar refractivity (Wildman–Crippen MR) is 109 cm³/mol. The van der Waals surface area contributed by atoms with E-state index in [0.717, 1.165) is 11.1 Å². The van der Waals surface area contributed by atoms with Gasteiger partial charge >= 0.3 is 6.61 Å². The van der Waals surface area contributed by atoms with Gasteiger partial charge in [-0.3, -0.25) is 9.69 Å². The molecule has 1 aliphatic heterocycles. The van der Waals surface area contributed by atoms with Gasteiger partial charge in [-0.15, -0.1) is 0 Å². The summed E-state index contributed by atoms with van der Waals surface area (Å²) in [7, 11) is -1.40. The first-order chi connectivity index (χ1) is 14.2. The Labute approximate surface area is 175 Å². The largest absolute Gasteiger partial charge is 0.435 e. The van der Waals surface area contributed by atoms with Crippen molar-refractivity contribution in [1.29, 1.82) is 0 Å². The van der Waals surface area contributed by atoms with Crippen LogP contribution in [0.1, 0.15) is 17.2 Å². The fourth-order valence-corrected chi connectivity index (χ4v) is 4.70. The normalized spacial score (nSPS) is 17.5. The van der Waals surface area contributed by atoms with Crippen molar-refractivity contribution in [2.24, 2.45) is 0 Å². The van der Waals surface area contributed by atoms with E-state index < -0.39 is 22.5 Å². The Balaban J connectivity index is 1.75. The average molecular weight is 438 g/mol. The minimum atomic E-state index is -3.07. The van der Waals surface area contributed by atoms with E-state index in [1.807, 2.05) is 35.2 Å². The van der Waals surface area contributed by atoms with Crippen molar-refractivity contribution in [3.63, 3.8) is 0 Å². The molecule has 1 atom stereocenters. The van der Waals surface area contributed by atoms with E-state index in [1.165, 1.54) is 12.1 Å². The van der Waals surface area contributed by atoms with Crippen LogP contribution in [0.25, 0.3) is 0 Å². The van der Waals surface area contributed by atoms with Gasteiger partial charge in [0.1, 0.15) is 11.8 Å². The van der Waals surface area contributed by atoms with Crippen LogP contribution in [0, 0.1) is 0 Å². The van der Waals surface area contributed by atoms with E-state index in [2.05, 4.69) is 4.74 Å². The molecule has 1 amide bonds. The molecule has 1 aliphatic rings. The zero-order chi connectivity index (χ0) is 21.7. The molecule has 1 unspecified atom stereocenters. The molecular weight excluding hydrogens is 414 g/mol. The van der Waals surface area contributed by atoms with Gasteiger partial charge in [0.2, 0.25) is 5.91 Å². The van der Waals surface area contributed by atoms with Crippen molar-refractivity contribution >= 4 is 15.7 Å². The molecule has 0 aliphatic carbocycles. The van der Waals surface area contributed by atoms with Gasteiger partial charge in [0.05, 0.1) is 11.5 Å². The number of alkyl halides is 2. The van der Waals surface area contributed by atoms with E-state index in [-0.39, 0.29) is 29.7 Å². The van der Waals surface area contributed by atoms with Crippen LogP contribution in [0.4, 0.5) is 8.78 Å². The lowest BCUT2D eigenvalue weighted by molar-refractivity contribution is -0.136. The van der Waals surface area contributed by atoms with Crippen LogP contribution < -0.4 is 4.74 Å². The molecule has 1 saturated heterocycles. The van der Waals surface area contributed by atoms with Gasteiger partial charge in [-0.25, -0.2) is 8.42 Å². The van der Waals surface area contributed by atoms with Gasteiger partial charge in [0.15, 0.2) is 9.84 Å². The molecule has 162 valence electrons. The standard InChI is InChI=1S/C21H24F2N2O4S/c1-24(15-16-7-9-18(10-8-16)29-21(22)23)20(26)19(17-5-3-2-4-6-17)25-11-13-30(27,28)14-12-25/h2-10,19,21H,11-15H2,1H3. The molecule has 0 radical (unpaired) electrons. The summed E-state index contributed by atoms with van der Waals surface area (Å²) >= 11 is 0. The number of nitrogens with zero attached hydrogens (tertiary/aromatic N) is 2. The lowest BCUT2D eigenvalue weighted by Gasteiger charge is -2.35. The van der Waals surface area contributed by atoms with Crippen molar-refractivity contribution in [2.45, 2.75) is 19.2 Å². The third-order valence-electron chi connectivity index (χ3n) is 5.04. The highest BCUT2D eigenvalue weighted by Gasteiger charge is 2.34. The molecule has 0 saturated carbocycles. The van der Waals surface area contributed by atoms with E-state index in [1.54, 1.807) is 24.1 Å². The molecule has 0 N–H and O–H groups in total. The second kappa shape index (κ2) is 9.53. The third-order valence-corrected chi connectivity index (χ3v) is 6.65. The molecule has 30 heavy (non-hydrogen) atoms. The highest BCUT2D eigenvalue weighted by atomic mass is 32.2. The number of halogens is 2. The molecular formula is C21H24F2N2O4S. The topological polar surface area (TPSA) is 66.9 Å². The summed E-state index contributed by atoms with van der Waals surface area (Å²) in [5.74, 6) is -0.0504. The number of benzene rings is 2. The summed E-state index contributed by atoms with van der Waals surface area (Å²) < 4.78 is 52.6. The zero-order valence-electron chi connectivity index (χ0n) is 16.6. The van der Waals surface area contributed by atoms with Gasteiger partial charge in [0, 0.05) is 26.7 Å².